The Hall–Kier alpha value is -2.15. The van der Waals surface area contributed by atoms with E-state index in [2.05, 4.69) is 21.2 Å². The van der Waals surface area contributed by atoms with Gasteiger partial charge >= 0.3 is 0 Å². The van der Waals surface area contributed by atoms with Gasteiger partial charge < -0.3 is 15.8 Å². The van der Waals surface area contributed by atoms with Crippen molar-refractivity contribution < 1.29 is 18.3 Å². The van der Waals surface area contributed by atoms with Crippen LogP contribution < -0.4 is 15.8 Å². The summed E-state index contributed by atoms with van der Waals surface area (Å²) in [6.45, 7) is -0.291. The third-order valence-corrected chi connectivity index (χ3v) is 3.16. The Morgan fingerprint density at radius 1 is 1.19 bits per heavy atom. The molecule has 4 nitrogen and oxygen atoms in total. The summed E-state index contributed by atoms with van der Waals surface area (Å²) in [7, 11) is 0. The minimum Gasteiger partial charge on any atom is -0.483 e. The predicted molar refractivity (Wildman–Crippen MR) is 79.0 cm³/mol. The number of halogens is 3. The maximum Gasteiger partial charge on any atom is 0.262 e. The number of nitrogens with one attached hydrogen (secondary N) is 1. The largest absolute Gasteiger partial charge is 0.483 e. The van der Waals surface area contributed by atoms with E-state index < -0.39 is 17.5 Å². The van der Waals surface area contributed by atoms with Crippen molar-refractivity contribution in [1.82, 2.24) is 0 Å². The van der Waals surface area contributed by atoms with Gasteiger partial charge in [-0.2, -0.15) is 0 Å². The first-order valence-electron chi connectivity index (χ1n) is 5.88. The van der Waals surface area contributed by atoms with E-state index in [4.69, 9.17) is 10.5 Å². The van der Waals surface area contributed by atoms with Crippen LogP contribution in [-0.4, -0.2) is 12.5 Å². The van der Waals surface area contributed by atoms with Crippen LogP contribution in [0, 0.1) is 11.6 Å². The van der Waals surface area contributed by atoms with Crippen molar-refractivity contribution in [2.45, 2.75) is 0 Å². The lowest BCUT2D eigenvalue weighted by Crippen LogP contribution is -2.21. The van der Waals surface area contributed by atoms with Crippen LogP contribution in [0.3, 0.4) is 0 Å². The highest BCUT2D eigenvalue weighted by Crippen LogP contribution is 2.25. The van der Waals surface area contributed by atoms with Crippen LogP contribution in [0.15, 0.2) is 40.9 Å². The quantitative estimate of drug-likeness (QED) is 0.825. The van der Waals surface area contributed by atoms with Crippen molar-refractivity contribution >= 4 is 33.2 Å². The SMILES string of the molecule is Nc1cc(F)ccc1NC(=O)COc1ccc(F)cc1Br. The average molecular weight is 357 g/mol. The van der Waals surface area contributed by atoms with Gasteiger partial charge in [0.25, 0.3) is 5.91 Å². The molecule has 0 aliphatic heterocycles. The number of hydrogen-bond acceptors (Lipinski definition) is 3. The highest BCUT2D eigenvalue weighted by Gasteiger charge is 2.09. The number of nitrogens with two attached hydrogens (primary N) is 1. The first-order valence-corrected chi connectivity index (χ1v) is 6.68. The predicted octanol–water partition coefficient (Wildman–Crippen LogP) is 3.33. The maximum absolute atomic E-state index is 12.9. The molecule has 0 spiro atoms. The number of benzene rings is 2. The number of hydrogen-bond donors (Lipinski definition) is 2. The van der Waals surface area contributed by atoms with E-state index in [1.54, 1.807) is 0 Å². The van der Waals surface area contributed by atoms with Gasteiger partial charge in [-0.05, 0) is 52.3 Å². The Balaban J connectivity index is 1.96. The topological polar surface area (TPSA) is 64.3 Å². The maximum atomic E-state index is 12.9. The molecule has 0 bridgehead atoms. The molecule has 2 aromatic carbocycles. The van der Waals surface area contributed by atoms with Gasteiger partial charge in [0.05, 0.1) is 15.8 Å². The Morgan fingerprint density at radius 2 is 1.86 bits per heavy atom. The molecule has 0 heterocycles. The lowest BCUT2D eigenvalue weighted by Gasteiger charge is -2.10. The van der Waals surface area contributed by atoms with E-state index in [0.29, 0.717) is 15.9 Å². The molecule has 0 radical (unpaired) electrons. The zero-order valence-corrected chi connectivity index (χ0v) is 12.3. The summed E-state index contributed by atoms with van der Waals surface area (Å²) in [6.07, 6.45) is 0. The van der Waals surface area contributed by atoms with E-state index in [1.807, 2.05) is 0 Å². The molecule has 0 aliphatic rings. The van der Waals surface area contributed by atoms with Gasteiger partial charge in [-0.25, -0.2) is 8.78 Å². The fraction of sp³-hybridized carbons (Fsp3) is 0.0714. The summed E-state index contributed by atoms with van der Waals surface area (Å²) in [6, 6.07) is 7.49. The van der Waals surface area contributed by atoms with E-state index in [-0.39, 0.29) is 12.3 Å². The molecule has 0 aliphatic carbocycles. The Kier molecular flexibility index (Phi) is 4.74. The van der Waals surface area contributed by atoms with Gasteiger partial charge in [-0.1, -0.05) is 0 Å². The minimum absolute atomic E-state index is 0.117. The van der Waals surface area contributed by atoms with Crippen LogP contribution in [0.1, 0.15) is 0 Å². The van der Waals surface area contributed by atoms with Gasteiger partial charge in [-0.15, -0.1) is 0 Å². The molecule has 2 aromatic rings. The molecule has 110 valence electrons. The average Bonchev–Trinajstić information content (AvgIpc) is 2.41. The fourth-order valence-corrected chi connectivity index (χ4v) is 2.03. The highest BCUT2D eigenvalue weighted by atomic mass is 79.9. The molecule has 0 saturated heterocycles. The van der Waals surface area contributed by atoms with Gasteiger partial charge in [0.1, 0.15) is 17.4 Å². The molecule has 21 heavy (non-hydrogen) atoms. The van der Waals surface area contributed by atoms with Crippen molar-refractivity contribution in [2.24, 2.45) is 0 Å². The zero-order valence-electron chi connectivity index (χ0n) is 10.7. The summed E-state index contributed by atoms with van der Waals surface area (Å²) in [5, 5.41) is 2.49. The van der Waals surface area contributed by atoms with Crippen molar-refractivity contribution in [1.29, 1.82) is 0 Å². The Morgan fingerprint density at radius 3 is 2.52 bits per heavy atom. The van der Waals surface area contributed by atoms with E-state index in [1.165, 1.54) is 30.3 Å². The first-order chi connectivity index (χ1) is 9.95. The van der Waals surface area contributed by atoms with Crippen LogP contribution in [-0.2, 0) is 4.79 Å². The lowest BCUT2D eigenvalue weighted by molar-refractivity contribution is -0.118. The number of carbonyl (C=O) groups is 1. The Labute approximate surface area is 128 Å². The molecular formula is C14H11BrF2N2O2. The van der Waals surface area contributed by atoms with Crippen molar-refractivity contribution in [3.8, 4) is 5.75 Å². The van der Waals surface area contributed by atoms with Crippen LogP contribution in [0.25, 0.3) is 0 Å². The number of ether oxygens (including phenoxy) is 1. The van der Waals surface area contributed by atoms with Gasteiger partial charge in [0, 0.05) is 0 Å². The van der Waals surface area contributed by atoms with Crippen molar-refractivity contribution in [3.63, 3.8) is 0 Å². The minimum atomic E-state index is -0.489. The van der Waals surface area contributed by atoms with E-state index >= 15 is 0 Å². The standard InChI is InChI=1S/C14H11BrF2N2O2/c15-10-5-8(16)2-4-13(10)21-7-14(20)19-12-3-1-9(17)6-11(12)18/h1-6H,7,18H2,(H,19,20). The fourth-order valence-electron chi connectivity index (χ4n) is 1.57. The summed E-state index contributed by atoms with van der Waals surface area (Å²) in [4.78, 5) is 11.7. The van der Waals surface area contributed by atoms with Crippen LogP contribution in [0.5, 0.6) is 5.75 Å². The van der Waals surface area contributed by atoms with Crippen LogP contribution >= 0.6 is 15.9 Å². The second kappa shape index (κ2) is 6.53. The van der Waals surface area contributed by atoms with Crippen molar-refractivity contribution in [3.05, 3.63) is 52.5 Å². The number of carbonyl (C=O) groups excluding carboxylic acids is 1. The van der Waals surface area contributed by atoms with E-state index in [9.17, 15) is 13.6 Å². The molecule has 2 rings (SSSR count). The van der Waals surface area contributed by atoms with Gasteiger partial charge in [0.2, 0.25) is 0 Å². The summed E-state index contributed by atoms with van der Waals surface area (Å²) >= 11 is 3.13. The lowest BCUT2D eigenvalue weighted by atomic mass is 10.2. The molecule has 0 saturated carbocycles. The van der Waals surface area contributed by atoms with Crippen LogP contribution in [0.4, 0.5) is 20.2 Å². The van der Waals surface area contributed by atoms with Crippen molar-refractivity contribution in [2.75, 3.05) is 17.7 Å². The molecule has 0 unspecified atom stereocenters. The highest BCUT2D eigenvalue weighted by molar-refractivity contribution is 9.10. The molecule has 3 N–H and O–H groups in total. The summed E-state index contributed by atoms with van der Waals surface area (Å²) in [5.74, 6) is -1.04. The second-order valence-electron chi connectivity index (χ2n) is 4.14. The normalized spacial score (nSPS) is 10.2. The number of amides is 1. The smallest absolute Gasteiger partial charge is 0.262 e. The van der Waals surface area contributed by atoms with E-state index in [0.717, 1.165) is 6.07 Å². The molecule has 1 amide bonds. The number of rotatable bonds is 4. The summed E-state index contributed by atoms with van der Waals surface area (Å²) < 4.78 is 31.4. The molecular weight excluding hydrogens is 346 g/mol. The summed E-state index contributed by atoms with van der Waals surface area (Å²) in [5.41, 5.74) is 5.98. The third-order valence-electron chi connectivity index (χ3n) is 2.54. The monoisotopic (exact) mass is 356 g/mol. The molecule has 0 fully saturated rings. The number of anilines is 2. The third kappa shape index (κ3) is 4.16. The second-order valence-corrected chi connectivity index (χ2v) is 5.00. The number of nitrogen functional groups attached to an aromatic ring is 1. The first kappa shape index (κ1) is 15.2. The van der Waals surface area contributed by atoms with Gasteiger partial charge in [0.15, 0.2) is 6.61 Å². The molecule has 0 atom stereocenters. The van der Waals surface area contributed by atoms with Gasteiger partial charge in [-0.3, -0.25) is 4.79 Å². The zero-order chi connectivity index (χ0) is 15.4. The molecule has 7 heteroatoms. The van der Waals surface area contributed by atoms with Crippen LogP contribution in [0.2, 0.25) is 0 Å². The Bertz CT molecular complexity index is 680. The molecule has 0 aromatic heterocycles.